The summed E-state index contributed by atoms with van der Waals surface area (Å²) in [5.41, 5.74) is 0. The summed E-state index contributed by atoms with van der Waals surface area (Å²) in [5.74, 6) is 0. The van der Waals surface area contributed by atoms with Gasteiger partial charge < -0.3 is 24.8 Å². The van der Waals surface area contributed by atoms with E-state index in [0.29, 0.717) is 6.61 Å². The minimum atomic E-state index is -0.981. The Kier molecular flexibility index (Phi) is 9.05. The number of hydrogen-bond donors (Lipinski definition) is 3. The lowest BCUT2D eigenvalue weighted by molar-refractivity contribution is -0.101. The van der Waals surface area contributed by atoms with Crippen LogP contribution in [-0.2, 0) is 9.47 Å². The quantitative estimate of drug-likeness (QED) is 0.391. The van der Waals surface area contributed by atoms with Crippen LogP contribution in [0.4, 0.5) is 0 Å². The third kappa shape index (κ3) is 5.89. The molecule has 0 radical (unpaired) electrons. The SMILES string of the molecule is C=CCCCCCCCO[C@@H](CO)[C@H]1OC[C@@H](O)[C@H]1O. The van der Waals surface area contributed by atoms with Gasteiger partial charge in [-0.1, -0.05) is 25.3 Å². The molecule has 4 atom stereocenters. The molecule has 20 heavy (non-hydrogen) atoms. The van der Waals surface area contributed by atoms with Crippen molar-refractivity contribution in [1.82, 2.24) is 0 Å². The van der Waals surface area contributed by atoms with E-state index in [0.717, 1.165) is 19.3 Å². The van der Waals surface area contributed by atoms with Crippen molar-refractivity contribution in [3.05, 3.63) is 12.7 Å². The van der Waals surface area contributed by atoms with E-state index >= 15 is 0 Å². The molecule has 1 aliphatic heterocycles. The summed E-state index contributed by atoms with van der Waals surface area (Å²) in [7, 11) is 0. The Morgan fingerprint density at radius 2 is 1.90 bits per heavy atom. The second-order valence-corrected chi connectivity index (χ2v) is 5.29. The van der Waals surface area contributed by atoms with Crippen LogP contribution < -0.4 is 0 Å². The molecule has 118 valence electrons. The molecule has 0 aromatic heterocycles. The molecule has 0 aromatic rings. The normalized spacial score (nSPS) is 27.6. The molecule has 3 N–H and O–H groups in total. The third-order valence-corrected chi connectivity index (χ3v) is 3.62. The van der Waals surface area contributed by atoms with Crippen molar-refractivity contribution in [3.8, 4) is 0 Å². The van der Waals surface area contributed by atoms with Crippen LogP contribution in [-0.4, -0.2) is 59.6 Å². The molecule has 0 amide bonds. The monoisotopic (exact) mass is 288 g/mol. The molecule has 0 aromatic carbocycles. The first-order valence-corrected chi connectivity index (χ1v) is 7.51. The molecule has 1 rings (SSSR count). The molecule has 0 spiro atoms. The van der Waals surface area contributed by atoms with E-state index in [1.165, 1.54) is 19.3 Å². The first-order valence-electron chi connectivity index (χ1n) is 7.51. The highest BCUT2D eigenvalue weighted by atomic mass is 16.6. The average Bonchev–Trinajstić information content (AvgIpc) is 2.78. The van der Waals surface area contributed by atoms with E-state index in [-0.39, 0.29) is 13.2 Å². The fourth-order valence-electron chi connectivity index (χ4n) is 2.36. The molecule has 1 saturated heterocycles. The highest BCUT2D eigenvalue weighted by molar-refractivity contribution is 4.88. The van der Waals surface area contributed by atoms with Crippen molar-refractivity contribution in [3.63, 3.8) is 0 Å². The maximum Gasteiger partial charge on any atom is 0.114 e. The highest BCUT2D eigenvalue weighted by Crippen LogP contribution is 2.19. The zero-order valence-corrected chi connectivity index (χ0v) is 12.1. The zero-order valence-electron chi connectivity index (χ0n) is 12.1. The van der Waals surface area contributed by atoms with Gasteiger partial charge in [0, 0.05) is 6.61 Å². The van der Waals surface area contributed by atoms with Crippen molar-refractivity contribution in [2.45, 2.75) is 62.9 Å². The Bertz CT molecular complexity index is 259. The number of unbranched alkanes of at least 4 members (excludes halogenated alkanes) is 5. The van der Waals surface area contributed by atoms with Gasteiger partial charge >= 0.3 is 0 Å². The summed E-state index contributed by atoms with van der Waals surface area (Å²) < 4.78 is 10.8. The van der Waals surface area contributed by atoms with Crippen molar-refractivity contribution >= 4 is 0 Å². The largest absolute Gasteiger partial charge is 0.394 e. The molecule has 5 nitrogen and oxygen atoms in total. The van der Waals surface area contributed by atoms with Gasteiger partial charge in [0.15, 0.2) is 0 Å². The van der Waals surface area contributed by atoms with E-state index < -0.39 is 24.4 Å². The van der Waals surface area contributed by atoms with Gasteiger partial charge in [0.2, 0.25) is 0 Å². The second-order valence-electron chi connectivity index (χ2n) is 5.29. The summed E-state index contributed by atoms with van der Waals surface area (Å²) in [5, 5.41) is 28.4. The molecule has 0 saturated carbocycles. The van der Waals surface area contributed by atoms with E-state index in [4.69, 9.17) is 9.47 Å². The van der Waals surface area contributed by atoms with Gasteiger partial charge in [0.25, 0.3) is 0 Å². The van der Waals surface area contributed by atoms with Crippen molar-refractivity contribution in [2.24, 2.45) is 0 Å². The fraction of sp³-hybridized carbons (Fsp3) is 0.867. The van der Waals surface area contributed by atoms with Crippen molar-refractivity contribution < 1.29 is 24.8 Å². The highest BCUT2D eigenvalue weighted by Gasteiger charge is 2.40. The minimum absolute atomic E-state index is 0.0923. The van der Waals surface area contributed by atoms with Gasteiger partial charge in [-0.3, -0.25) is 0 Å². The summed E-state index contributed by atoms with van der Waals surface area (Å²) >= 11 is 0. The standard InChI is InChI=1S/C15H28O5/c1-2-3-4-5-6-7-8-9-19-13(10-16)15-14(18)12(17)11-20-15/h2,12-18H,1,3-11H2/t12-,13+,14-,15-/m1/s1. The lowest BCUT2D eigenvalue weighted by atomic mass is 10.1. The number of allylic oxidation sites excluding steroid dienone is 1. The summed E-state index contributed by atoms with van der Waals surface area (Å²) in [4.78, 5) is 0. The van der Waals surface area contributed by atoms with Gasteiger partial charge in [-0.2, -0.15) is 0 Å². The third-order valence-electron chi connectivity index (χ3n) is 3.62. The van der Waals surface area contributed by atoms with Crippen LogP contribution in [0.1, 0.15) is 38.5 Å². The van der Waals surface area contributed by atoms with Gasteiger partial charge in [0.1, 0.15) is 24.4 Å². The van der Waals surface area contributed by atoms with E-state index in [9.17, 15) is 15.3 Å². The number of aliphatic hydroxyl groups is 3. The van der Waals surface area contributed by atoms with Crippen LogP contribution >= 0.6 is 0 Å². The van der Waals surface area contributed by atoms with Crippen molar-refractivity contribution in [2.75, 3.05) is 19.8 Å². The van der Waals surface area contributed by atoms with Crippen LogP contribution in [0.2, 0.25) is 0 Å². The number of aliphatic hydroxyl groups excluding tert-OH is 3. The van der Waals surface area contributed by atoms with E-state index in [1.807, 2.05) is 6.08 Å². The first kappa shape index (κ1) is 17.6. The molecule has 0 bridgehead atoms. The number of ether oxygens (including phenoxy) is 2. The number of hydrogen-bond acceptors (Lipinski definition) is 5. The Morgan fingerprint density at radius 3 is 2.50 bits per heavy atom. The maximum absolute atomic E-state index is 9.71. The molecular formula is C15H28O5. The first-order chi connectivity index (χ1) is 9.70. The molecular weight excluding hydrogens is 260 g/mol. The fourth-order valence-corrected chi connectivity index (χ4v) is 2.36. The van der Waals surface area contributed by atoms with Gasteiger partial charge in [-0.15, -0.1) is 6.58 Å². The van der Waals surface area contributed by atoms with E-state index in [1.54, 1.807) is 0 Å². The van der Waals surface area contributed by atoms with Gasteiger partial charge in [-0.05, 0) is 19.3 Å². The van der Waals surface area contributed by atoms with Crippen LogP contribution in [0, 0.1) is 0 Å². The molecule has 0 aliphatic carbocycles. The molecule has 1 aliphatic rings. The molecule has 0 unspecified atom stereocenters. The van der Waals surface area contributed by atoms with Crippen molar-refractivity contribution in [1.29, 1.82) is 0 Å². The lowest BCUT2D eigenvalue weighted by Gasteiger charge is -2.24. The molecule has 1 heterocycles. The van der Waals surface area contributed by atoms with Gasteiger partial charge in [-0.25, -0.2) is 0 Å². The Balaban J connectivity index is 2.08. The summed E-state index contributed by atoms with van der Waals surface area (Å²) in [6.45, 7) is 4.11. The van der Waals surface area contributed by atoms with Gasteiger partial charge in [0.05, 0.1) is 13.2 Å². The summed E-state index contributed by atoms with van der Waals surface area (Å²) in [6.07, 6.45) is 5.51. The molecule has 1 fully saturated rings. The lowest BCUT2D eigenvalue weighted by Crippen LogP contribution is -2.42. The Hall–Kier alpha value is -0.460. The van der Waals surface area contributed by atoms with Crippen LogP contribution in [0.5, 0.6) is 0 Å². The van der Waals surface area contributed by atoms with Crippen LogP contribution in [0.15, 0.2) is 12.7 Å². The zero-order chi connectivity index (χ0) is 14.8. The van der Waals surface area contributed by atoms with Crippen LogP contribution in [0.25, 0.3) is 0 Å². The number of rotatable bonds is 11. The second kappa shape index (κ2) is 10.3. The predicted octanol–water partition coefficient (Wildman–Crippen LogP) is 1.01. The Morgan fingerprint density at radius 1 is 1.20 bits per heavy atom. The smallest absolute Gasteiger partial charge is 0.114 e. The average molecular weight is 288 g/mol. The topological polar surface area (TPSA) is 79.2 Å². The molecule has 5 heteroatoms. The predicted molar refractivity (Wildman–Crippen MR) is 76.5 cm³/mol. The minimum Gasteiger partial charge on any atom is -0.394 e. The van der Waals surface area contributed by atoms with E-state index in [2.05, 4.69) is 6.58 Å². The Labute approximate surface area is 121 Å². The maximum atomic E-state index is 9.71. The van der Waals surface area contributed by atoms with Crippen LogP contribution in [0.3, 0.4) is 0 Å². The summed E-state index contributed by atoms with van der Waals surface area (Å²) in [6, 6.07) is 0.